The van der Waals surface area contributed by atoms with Crippen LogP contribution >= 0.6 is 0 Å². The van der Waals surface area contributed by atoms with Gasteiger partial charge in [0.05, 0.1) is 12.2 Å². The lowest BCUT2D eigenvalue weighted by Crippen LogP contribution is -2.40. The first kappa shape index (κ1) is 18.9. The Balaban J connectivity index is 2.96. The van der Waals surface area contributed by atoms with Gasteiger partial charge in [0.1, 0.15) is 0 Å². The van der Waals surface area contributed by atoms with Gasteiger partial charge in [0.2, 0.25) is 0 Å². The summed E-state index contributed by atoms with van der Waals surface area (Å²) in [4.78, 5) is 24.3. The lowest BCUT2D eigenvalue weighted by Gasteiger charge is -2.25. The number of rotatable bonds is 7. The van der Waals surface area contributed by atoms with Crippen molar-refractivity contribution in [2.75, 3.05) is 6.61 Å². The van der Waals surface area contributed by atoms with Gasteiger partial charge in [0, 0.05) is 13.0 Å². The molecule has 128 valence electrons. The number of hydrogen-bond acceptors (Lipinski definition) is 7. The smallest absolute Gasteiger partial charge is 0.339 e. The van der Waals surface area contributed by atoms with Crippen molar-refractivity contribution in [2.24, 2.45) is 0 Å². The van der Waals surface area contributed by atoms with Gasteiger partial charge >= 0.3 is 11.9 Å². The van der Waals surface area contributed by atoms with Crippen molar-refractivity contribution in [3.8, 4) is 0 Å². The van der Waals surface area contributed by atoms with Crippen LogP contribution in [0.1, 0.15) is 48.0 Å². The van der Waals surface area contributed by atoms with Crippen molar-refractivity contribution in [3.05, 3.63) is 0 Å². The first-order chi connectivity index (χ1) is 10.2. The van der Waals surface area contributed by atoms with Crippen LogP contribution < -0.4 is 0 Å². The standard InChI is InChI=1S/C15H26O7/c1-7-15(18-8-2)21-11(13(16)19-9(3)4)12(22-15)14(17)20-10(5)6/h9-12H,7-8H2,1-6H3/t11-,12-/m1/s1. The third-order valence-electron chi connectivity index (χ3n) is 2.85. The van der Waals surface area contributed by atoms with E-state index >= 15 is 0 Å². The second-order valence-electron chi connectivity index (χ2n) is 5.52. The minimum atomic E-state index is -1.43. The zero-order chi connectivity index (χ0) is 16.9. The van der Waals surface area contributed by atoms with E-state index in [0.717, 1.165) is 0 Å². The average Bonchev–Trinajstić information content (AvgIpc) is 2.78. The molecule has 2 atom stereocenters. The summed E-state index contributed by atoms with van der Waals surface area (Å²) in [5.74, 6) is -2.78. The topological polar surface area (TPSA) is 80.3 Å². The molecule has 0 aromatic heterocycles. The molecule has 1 heterocycles. The summed E-state index contributed by atoms with van der Waals surface area (Å²) in [6.45, 7) is 10.7. The Morgan fingerprint density at radius 1 is 0.955 bits per heavy atom. The molecular formula is C15H26O7. The highest BCUT2D eigenvalue weighted by Gasteiger charge is 2.55. The Morgan fingerprint density at radius 2 is 1.36 bits per heavy atom. The van der Waals surface area contributed by atoms with Crippen molar-refractivity contribution in [2.45, 2.75) is 78.4 Å². The fourth-order valence-corrected chi connectivity index (χ4v) is 2.04. The number of ether oxygens (including phenoxy) is 5. The summed E-state index contributed by atoms with van der Waals surface area (Å²) in [6.07, 6.45) is -2.76. The molecule has 0 aromatic rings. The second-order valence-corrected chi connectivity index (χ2v) is 5.52. The Hall–Kier alpha value is -1.18. The van der Waals surface area contributed by atoms with Crippen LogP contribution in [0.15, 0.2) is 0 Å². The van der Waals surface area contributed by atoms with Crippen LogP contribution in [0.3, 0.4) is 0 Å². The fourth-order valence-electron chi connectivity index (χ4n) is 2.04. The van der Waals surface area contributed by atoms with E-state index < -0.39 is 30.1 Å². The Kier molecular flexibility index (Phi) is 6.77. The van der Waals surface area contributed by atoms with Gasteiger partial charge in [0.25, 0.3) is 5.97 Å². The van der Waals surface area contributed by atoms with Crippen molar-refractivity contribution >= 4 is 11.9 Å². The molecule has 0 amide bonds. The first-order valence-corrected chi connectivity index (χ1v) is 7.65. The Morgan fingerprint density at radius 3 is 1.64 bits per heavy atom. The average molecular weight is 318 g/mol. The lowest BCUT2D eigenvalue weighted by molar-refractivity contribution is -0.340. The molecule has 0 N–H and O–H groups in total. The van der Waals surface area contributed by atoms with Gasteiger partial charge in [-0.1, -0.05) is 6.92 Å². The van der Waals surface area contributed by atoms with Crippen molar-refractivity contribution in [1.82, 2.24) is 0 Å². The van der Waals surface area contributed by atoms with Gasteiger partial charge in [-0.3, -0.25) is 0 Å². The molecule has 0 aromatic carbocycles. The molecular weight excluding hydrogens is 292 g/mol. The van der Waals surface area contributed by atoms with Gasteiger partial charge in [-0.15, -0.1) is 0 Å². The van der Waals surface area contributed by atoms with Gasteiger partial charge in [-0.2, -0.15) is 0 Å². The van der Waals surface area contributed by atoms with Crippen LogP contribution in [0.2, 0.25) is 0 Å². The normalized spacial score (nSPS) is 23.8. The summed E-state index contributed by atoms with van der Waals surface area (Å²) in [5, 5.41) is 0. The number of carbonyl (C=O) groups is 2. The van der Waals surface area contributed by atoms with E-state index in [1.807, 2.05) is 0 Å². The third-order valence-corrected chi connectivity index (χ3v) is 2.85. The predicted octanol–water partition coefficient (Wildman–Crippen LogP) is 1.77. The molecule has 1 rings (SSSR count). The second kappa shape index (κ2) is 7.89. The van der Waals surface area contributed by atoms with Crippen molar-refractivity contribution in [3.63, 3.8) is 0 Å². The molecule has 7 nitrogen and oxygen atoms in total. The Bertz CT molecular complexity index is 361. The first-order valence-electron chi connectivity index (χ1n) is 7.65. The van der Waals surface area contributed by atoms with Gasteiger partial charge in [-0.05, 0) is 34.6 Å². The lowest BCUT2D eigenvalue weighted by atomic mass is 10.2. The molecule has 1 saturated heterocycles. The summed E-state index contributed by atoms with van der Waals surface area (Å²) in [6, 6.07) is 0. The summed E-state index contributed by atoms with van der Waals surface area (Å²) in [5.41, 5.74) is 0. The molecule has 1 aliphatic heterocycles. The van der Waals surface area contributed by atoms with Gasteiger partial charge in [-0.25, -0.2) is 9.59 Å². The maximum atomic E-state index is 12.2. The summed E-state index contributed by atoms with van der Waals surface area (Å²) >= 11 is 0. The number of carbonyl (C=O) groups excluding carboxylic acids is 2. The van der Waals surface area contributed by atoms with Crippen LogP contribution in [0.25, 0.3) is 0 Å². The van der Waals surface area contributed by atoms with Gasteiger partial charge in [0.15, 0.2) is 12.2 Å². The number of hydrogen-bond donors (Lipinski definition) is 0. The van der Waals surface area contributed by atoms with E-state index in [-0.39, 0.29) is 12.2 Å². The zero-order valence-corrected chi connectivity index (χ0v) is 14.1. The molecule has 1 fully saturated rings. The van der Waals surface area contributed by atoms with E-state index in [2.05, 4.69) is 0 Å². The SMILES string of the molecule is CCOC1(CC)O[C@@H](C(=O)OC(C)C)[C@H](C(=O)OC(C)C)O1. The quantitative estimate of drug-likeness (QED) is 0.662. The molecule has 7 heteroatoms. The van der Waals surface area contributed by atoms with E-state index in [1.165, 1.54) is 0 Å². The Labute approximate surface area is 131 Å². The fraction of sp³-hybridized carbons (Fsp3) is 0.867. The minimum absolute atomic E-state index is 0.311. The highest BCUT2D eigenvalue weighted by molar-refractivity contribution is 5.86. The molecule has 0 spiro atoms. The van der Waals surface area contributed by atoms with Gasteiger partial charge < -0.3 is 23.7 Å². The van der Waals surface area contributed by atoms with E-state index in [9.17, 15) is 9.59 Å². The highest BCUT2D eigenvalue weighted by Crippen LogP contribution is 2.34. The molecule has 0 unspecified atom stereocenters. The van der Waals surface area contributed by atoms with Crippen molar-refractivity contribution in [1.29, 1.82) is 0 Å². The van der Waals surface area contributed by atoms with E-state index in [0.29, 0.717) is 13.0 Å². The summed E-state index contributed by atoms with van der Waals surface area (Å²) in [7, 11) is 0. The third kappa shape index (κ3) is 4.66. The van der Waals surface area contributed by atoms with E-state index in [1.54, 1.807) is 41.5 Å². The molecule has 0 radical (unpaired) electrons. The van der Waals surface area contributed by atoms with Crippen LogP contribution in [0, 0.1) is 0 Å². The van der Waals surface area contributed by atoms with Crippen LogP contribution in [-0.4, -0.2) is 48.9 Å². The molecule has 0 aliphatic carbocycles. The molecule has 22 heavy (non-hydrogen) atoms. The van der Waals surface area contributed by atoms with E-state index in [4.69, 9.17) is 23.7 Å². The zero-order valence-electron chi connectivity index (χ0n) is 14.1. The van der Waals surface area contributed by atoms with Crippen LogP contribution in [-0.2, 0) is 33.3 Å². The largest absolute Gasteiger partial charge is 0.461 e. The molecule has 0 saturated carbocycles. The maximum absolute atomic E-state index is 12.2. The predicted molar refractivity (Wildman–Crippen MR) is 76.9 cm³/mol. The number of esters is 2. The minimum Gasteiger partial charge on any atom is -0.461 e. The van der Waals surface area contributed by atoms with Crippen molar-refractivity contribution < 1.29 is 33.3 Å². The highest BCUT2D eigenvalue weighted by atomic mass is 16.9. The van der Waals surface area contributed by atoms with Crippen LogP contribution in [0.5, 0.6) is 0 Å². The monoisotopic (exact) mass is 318 g/mol. The molecule has 1 aliphatic rings. The van der Waals surface area contributed by atoms with Crippen LogP contribution in [0.4, 0.5) is 0 Å². The maximum Gasteiger partial charge on any atom is 0.339 e. The summed E-state index contributed by atoms with van der Waals surface area (Å²) < 4.78 is 26.9. The molecule has 0 bridgehead atoms.